The van der Waals surface area contributed by atoms with E-state index < -0.39 is 29.1 Å². The lowest BCUT2D eigenvalue weighted by molar-refractivity contribution is 0.447. The minimum absolute atomic E-state index is 0.0416. The summed E-state index contributed by atoms with van der Waals surface area (Å²) in [6, 6.07) is 4.46. The van der Waals surface area contributed by atoms with Gasteiger partial charge < -0.3 is 5.32 Å². The molecule has 0 heterocycles. The van der Waals surface area contributed by atoms with Gasteiger partial charge in [0, 0.05) is 36.0 Å². The van der Waals surface area contributed by atoms with E-state index in [4.69, 9.17) is 0 Å². The fraction of sp³-hybridized carbons (Fsp3) is 0.0769. The van der Waals surface area contributed by atoms with Gasteiger partial charge in [0.1, 0.15) is 11.6 Å². The summed E-state index contributed by atoms with van der Waals surface area (Å²) in [5.74, 6) is -5.77. The van der Waals surface area contributed by atoms with E-state index in [1.807, 2.05) is 0 Å². The molecule has 0 amide bonds. The first kappa shape index (κ1) is 13.3. The molecule has 0 saturated carbocycles. The van der Waals surface area contributed by atoms with Gasteiger partial charge in [-0.15, -0.1) is 0 Å². The van der Waals surface area contributed by atoms with Crippen LogP contribution in [0.3, 0.4) is 0 Å². The third kappa shape index (κ3) is 3.01. The second-order valence-electron chi connectivity index (χ2n) is 3.84. The third-order valence-corrected chi connectivity index (χ3v) is 2.48. The van der Waals surface area contributed by atoms with Crippen LogP contribution in [0.4, 0.5) is 27.6 Å². The number of benzene rings is 2. The van der Waals surface area contributed by atoms with Crippen molar-refractivity contribution >= 4 is 5.69 Å². The van der Waals surface area contributed by atoms with Crippen molar-refractivity contribution in [2.45, 2.75) is 6.54 Å². The standard InChI is InChI=1S/C13H8F5N/c14-8-2-1-7(10(15)3-8)6-19-9-4-11(16)13(18)12(17)5-9/h1-5,19H,6H2. The highest BCUT2D eigenvalue weighted by Crippen LogP contribution is 2.18. The molecule has 0 bridgehead atoms. The summed E-state index contributed by atoms with van der Waals surface area (Å²) in [5, 5.41) is 2.52. The number of halogens is 5. The fourth-order valence-corrected chi connectivity index (χ4v) is 1.52. The van der Waals surface area contributed by atoms with Gasteiger partial charge >= 0.3 is 0 Å². The van der Waals surface area contributed by atoms with E-state index in [1.54, 1.807) is 0 Å². The molecule has 0 atom stereocenters. The average Bonchev–Trinajstić information content (AvgIpc) is 2.34. The van der Waals surface area contributed by atoms with E-state index in [-0.39, 0.29) is 17.8 Å². The van der Waals surface area contributed by atoms with Gasteiger partial charge in [0.15, 0.2) is 17.5 Å². The normalized spacial score (nSPS) is 10.6. The van der Waals surface area contributed by atoms with Gasteiger partial charge in [0.2, 0.25) is 0 Å². The number of nitrogens with one attached hydrogen (secondary N) is 1. The molecular weight excluding hydrogens is 265 g/mol. The van der Waals surface area contributed by atoms with Crippen molar-refractivity contribution in [2.24, 2.45) is 0 Å². The summed E-state index contributed by atoms with van der Waals surface area (Å²) < 4.78 is 64.5. The van der Waals surface area contributed by atoms with Gasteiger partial charge in [-0.05, 0) is 6.07 Å². The van der Waals surface area contributed by atoms with Crippen molar-refractivity contribution in [1.29, 1.82) is 0 Å². The Morgan fingerprint density at radius 3 is 2.00 bits per heavy atom. The van der Waals surface area contributed by atoms with Crippen LogP contribution in [0.5, 0.6) is 0 Å². The molecule has 0 aliphatic heterocycles. The van der Waals surface area contributed by atoms with Gasteiger partial charge in [-0.1, -0.05) is 6.07 Å². The highest BCUT2D eigenvalue weighted by atomic mass is 19.2. The average molecular weight is 273 g/mol. The lowest BCUT2D eigenvalue weighted by Crippen LogP contribution is -2.04. The Hall–Kier alpha value is -2.11. The Bertz CT molecular complexity index is 589. The zero-order valence-corrected chi connectivity index (χ0v) is 9.48. The van der Waals surface area contributed by atoms with Gasteiger partial charge in [-0.2, -0.15) is 0 Å². The molecule has 2 aromatic carbocycles. The lowest BCUT2D eigenvalue weighted by Gasteiger charge is -2.08. The summed E-state index contributed by atoms with van der Waals surface area (Å²) in [7, 11) is 0. The Kier molecular flexibility index (Phi) is 3.69. The van der Waals surface area contributed by atoms with E-state index in [2.05, 4.69) is 5.32 Å². The summed E-state index contributed by atoms with van der Waals surface area (Å²) in [6.45, 7) is -0.114. The molecule has 0 spiro atoms. The van der Waals surface area contributed by atoms with E-state index in [0.717, 1.165) is 18.2 Å². The molecule has 19 heavy (non-hydrogen) atoms. The molecule has 0 aromatic heterocycles. The van der Waals surface area contributed by atoms with E-state index in [9.17, 15) is 22.0 Å². The molecule has 0 unspecified atom stereocenters. The van der Waals surface area contributed by atoms with Crippen LogP contribution in [-0.4, -0.2) is 0 Å². The zero-order valence-electron chi connectivity index (χ0n) is 9.48. The van der Waals surface area contributed by atoms with Crippen LogP contribution in [0.1, 0.15) is 5.56 Å². The molecule has 0 radical (unpaired) electrons. The van der Waals surface area contributed by atoms with Crippen molar-refractivity contribution in [3.05, 3.63) is 65.0 Å². The van der Waals surface area contributed by atoms with Gasteiger partial charge in [-0.3, -0.25) is 0 Å². The fourth-order valence-electron chi connectivity index (χ4n) is 1.52. The number of hydrogen-bond acceptors (Lipinski definition) is 1. The second kappa shape index (κ2) is 5.26. The molecule has 1 nitrogen and oxygen atoms in total. The smallest absolute Gasteiger partial charge is 0.194 e. The zero-order chi connectivity index (χ0) is 14.0. The first-order valence-electron chi connectivity index (χ1n) is 5.29. The molecule has 100 valence electrons. The number of hydrogen-bond donors (Lipinski definition) is 1. The van der Waals surface area contributed by atoms with Crippen molar-refractivity contribution in [2.75, 3.05) is 5.32 Å². The van der Waals surface area contributed by atoms with Crippen LogP contribution < -0.4 is 5.32 Å². The monoisotopic (exact) mass is 273 g/mol. The van der Waals surface area contributed by atoms with Crippen molar-refractivity contribution in [1.82, 2.24) is 0 Å². The van der Waals surface area contributed by atoms with E-state index in [0.29, 0.717) is 6.07 Å². The highest BCUT2D eigenvalue weighted by Gasteiger charge is 2.11. The Balaban J connectivity index is 2.14. The maximum Gasteiger partial charge on any atom is 0.194 e. The molecule has 0 fully saturated rings. The summed E-state index contributed by atoms with van der Waals surface area (Å²) in [5.41, 5.74) is 0.0756. The minimum Gasteiger partial charge on any atom is -0.381 e. The molecule has 1 N–H and O–H groups in total. The summed E-state index contributed by atoms with van der Waals surface area (Å²) in [6.07, 6.45) is 0. The Morgan fingerprint density at radius 1 is 0.789 bits per heavy atom. The maximum absolute atomic E-state index is 13.3. The highest BCUT2D eigenvalue weighted by molar-refractivity contribution is 5.44. The molecule has 2 aromatic rings. The van der Waals surface area contributed by atoms with Crippen LogP contribution in [0, 0.1) is 29.1 Å². The summed E-state index contributed by atoms with van der Waals surface area (Å²) >= 11 is 0. The molecule has 6 heteroatoms. The summed E-state index contributed by atoms with van der Waals surface area (Å²) in [4.78, 5) is 0. The first-order valence-corrected chi connectivity index (χ1v) is 5.29. The van der Waals surface area contributed by atoms with Gasteiger partial charge in [0.05, 0.1) is 0 Å². The lowest BCUT2D eigenvalue weighted by atomic mass is 10.2. The molecule has 0 saturated heterocycles. The topological polar surface area (TPSA) is 12.0 Å². The van der Waals surface area contributed by atoms with Crippen LogP contribution in [-0.2, 0) is 6.54 Å². The van der Waals surface area contributed by atoms with Gasteiger partial charge in [0.25, 0.3) is 0 Å². The first-order chi connectivity index (χ1) is 8.97. The number of anilines is 1. The van der Waals surface area contributed by atoms with Gasteiger partial charge in [-0.25, -0.2) is 22.0 Å². The van der Waals surface area contributed by atoms with Crippen LogP contribution in [0.2, 0.25) is 0 Å². The number of rotatable bonds is 3. The van der Waals surface area contributed by atoms with Crippen LogP contribution >= 0.6 is 0 Å². The third-order valence-electron chi connectivity index (χ3n) is 2.48. The van der Waals surface area contributed by atoms with Crippen molar-refractivity contribution in [3.8, 4) is 0 Å². The van der Waals surface area contributed by atoms with E-state index in [1.165, 1.54) is 6.07 Å². The quantitative estimate of drug-likeness (QED) is 0.658. The second-order valence-corrected chi connectivity index (χ2v) is 3.84. The SMILES string of the molecule is Fc1ccc(CNc2cc(F)c(F)c(F)c2)c(F)c1. The molecule has 0 aliphatic rings. The maximum atomic E-state index is 13.3. The molecule has 0 aliphatic carbocycles. The van der Waals surface area contributed by atoms with E-state index >= 15 is 0 Å². The minimum atomic E-state index is -1.57. The Morgan fingerprint density at radius 2 is 1.42 bits per heavy atom. The largest absolute Gasteiger partial charge is 0.381 e. The van der Waals surface area contributed by atoms with Crippen LogP contribution in [0.25, 0.3) is 0 Å². The predicted octanol–water partition coefficient (Wildman–Crippen LogP) is 3.99. The molecule has 2 rings (SSSR count). The van der Waals surface area contributed by atoms with Crippen molar-refractivity contribution in [3.63, 3.8) is 0 Å². The van der Waals surface area contributed by atoms with Crippen LogP contribution in [0.15, 0.2) is 30.3 Å². The predicted molar refractivity (Wildman–Crippen MR) is 60.0 cm³/mol. The molecular formula is C13H8F5N. The van der Waals surface area contributed by atoms with Crippen molar-refractivity contribution < 1.29 is 22.0 Å². The Labute approximate surface area is 105 Å².